The van der Waals surface area contributed by atoms with Crippen molar-refractivity contribution in [1.29, 1.82) is 0 Å². The Morgan fingerprint density at radius 1 is 1.23 bits per heavy atom. The number of rotatable bonds is 0. The highest BCUT2D eigenvalue weighted by molar-refractivity contribution is 6.36. The first-order valence-corrected chi connectivity index (χ1v) is 4.44. The lowest BCUT2D eigenvalue weighted by Gasteiger charge is -2.02. The molecule has 0 bridgehead atoms. The maximum atomic E-state index is 5.92. The van der Waals surface area contributed by atoms with E-state index in [0.717, 1.165) is 5.39 Å². The zero-order valence-electron chi connectivity index (χ0n) is 6.59. The fourth-order valence-electron chi connectivity index (χ4n) is 1.21. The highest BCUT2D eigenvalue weighted by Gasteiger charge is 2.04. The van der Waals surface area contributed by atoms with Crippen molar-refractivity contribution in [2.75, 3.05) is 5.73 Å². The minimum Gasteiger partial charge on any atom is -0.398 e. The largest absolute Gasteiger partial charge is 0.398 e. The van der Waals surface area contributed by atoms with Crippen molar-refractivity contribution in [2.24, 2.45) is 0 Å². The summed E-state index contributed by atoms with van der Waals surface area (Å²) in [6, 6.07) is 7.06. The third-order valence-corrected chi connectivity index (χ3v) is 2.29. The second-order valence-electron chi connectivity index (χ2n) is 2.67. The van der Waals surface area contributed by atoms with Gasteiger partial charge in [-0.1, -0.05) is 35.3 Å². The van der Waals surface area contributed by atoms with Gasteiger partial charge in [0.25, 0.3) is 0 Å². The van der Waals surface area contributed by atoms with E-state index in [2.05, 4.69) is 4.98 Å². The van der Waals surface area contributed by atoms with Gasteiger partial charge in [-0.25, -0.2) is 4.98 Å². The standard InChI is InChI=1S/C9H6Cl2N2/c10-6-3-1-2-5-7(12)4-8(11)13-9(5)6/h1-4H,(H2,12,13). The Morgan fingerprint density at radius 2 is 2.00 bits per heavy atom. The first-order valence-electron chi connectivity index (χ1n) is 3.69. The van der Waals surface area contributed by atoms with Crippen molar-refractivity contribution in [3.8, 4) is 0 Å². The quantitative estimate of drug-likeness (QED) is 0.682. The highest BCUT2D eigenvalue weighted by Crippen LogP contribution is 2.27. The minimum atomic E-state index is 0.359. The van der Waals surface area contributed by atoms with Crippen LogP contribution in [0.4, 0.5) is 5.69 Å². The van der Waals surface area contributed by atoms with Crippen LogP contribution in [0.25, 0.3) is 10.9 Å². The van der Waals surface area contributed by atoms with E-state index in [1.165, 1.54) is 0 Å². The average Bonchev–Trinajstić information content (AvgIpc) is 2.07. The Balaban J connectivity index is 2.94. The molecule has 1 heterocycles. The van der Waals surface area contributed by atoms with Gasteiger partial charge in [0, 0.05) is 11.1 Å². The number of nitrogens with zero attached hydrogens (tertiary/aromatic N) is 1. The smallest absolute Gasteiger partial charge is 0.131 e. The van der Waals surface area contributed by atoms with Crippen molar-refractivity contribution < 1.29 is 0 Å². The van der Waals surface area contributed by atoms with Crippen molar-refractivity contribution in [3.05, 3.63) is 34.4 Å². The molecule has 0 saturated carbocycles. The van der Waals surface area contributed by atoms with Crippen LogP contribution in [-0.2, 0) is 0 Å². The predicted molar refractivity (Wildman–Crippen MR) is 56.2 cm³/mol. The Hall–Kier alpha value is -0.990. The fourth-order valence-corrected chi connectivity index (χ4v) is 1.63. The molecule has 2 rings (SSSR count). The van der Waals surface area contributed by atoms with Gasteiger partial charge in [0.1, 0.15) is 5.15 Å². The van der Waals surface area contributed by atoms with E-state index >= 15 is 0 Å². The average molecular weight is 213 g/mol. The van der Waals surface area contributed by atoms with Crippen LogP contribution >= 0.6 is 23.2 Å². The lowest BCUT2D eigenvalue weighted by Crippen LogP contribution is -1.90. The van der Waals surface area contributed by atoms with Crippen LogP contribution in [0.5, 0.6) is 0 Å². The molecule has 66 valence electrons. The summed E-state index contributed by atoms with van der Waals surface area (Å²) in [6.45, 7) is 0. The lowest BCUT2D eigenvalue weighted by molar-refractivity contribution is 1.41. The summed E-state index contributed by atoms with van der Waals surface area (Å²) in [5.41, 5.74) is 6.99. The van der Waals surface area contributed by atoms with Crippen molar-refractivity contribution in [1.82, 2.24) is 4.98 Å². The van der Waals surface area contributed by atoms with Crippen LogP contribution in [0.1, 0.15) is 0 Å². The Labute approximate surface area is 85.3 Å². The van der Waals surface area contributed by atoms with E-state index in [-0.39, 0.29) is 0 Å². The molecule has 1 aromatic heterocycles. The summed E-state index contributed by atoms with van der Waals surface area (Å²) in [5, 5.41) is 1.75. The molecule has 2 nitrogen and oxygen atoms in total. The molecule has 2 aromatic rings. The van der Waals surface area contributed by atoms with E-state index in [0.29, 0.717) is 21.4 Å². The molecule has 0 amide bonds. The van der Waals surface area contributed by atoms with E-state index in [1.54, 1.807) is 12.1 Å². The number of benzene rings is 1. The summed E-state index contributed by atoms with van der Waals surface area (Å²) in [6.07, 6.45) is 0. The summed E-state index contributed by atoms with van der Waals surface area (Å²) >= 11 is 11.7. The Kier molecular flexibility index (Phi) is 2.02. The van der Waals surface area contributed by atoms with Crippen LogP contribution < -0.4 is 5.73 Å². The third kappa shape index (κ3) is 1.43. The van der Waals surface area contributed by atoms with Crippen LogP contribution in [0.2, 0.25) is 10.2 Å². The first-order chi connectivity index (χ1) is 6.18. The van der Waals surface area contributed by atoms with Gasteiger partial charge in [0.15, 0.2) is 0 Å². The van der Waals surface area contributed by atoms with Gasteiger partial charge in [-0.15, -0.1) is 0 Å². The predicted octanol–water partition coefficient (Wildman–Crippen LogP) is 3.12. The maximum Gasteiger partial charge on any atom is 0.131 e. The van der Waals surface area contributed by atoms with Crippen LogP contribution in [0, 0.1) is 0 Å². The van der Waals surface area contributed by atoms with Crippen molar-refractivity contribution in [2.45, 2.75) is 0 Å². The molecule has 0 saturated heterocycles. The third-order valence-electron chi connectivity index (χ3n) is 1.79. The Bertz CT molecular complexity index is 468. The molecule has 0 unspecified atom stereocenters. The number of nitrogen functional groups attached to an aromatic ring is 1. The van der Waals surface area contributed by atoms with Crippen molar-refractivity contribution >= 4 is 39.8 Å². The van der Waals surface area contributed by atoms with Crippen LogP contribution in [0.15, 0.2) is 24.3 Å². The summed E-state index contributed by atoms with van der Waals surface area (Å²) < 4.78 is 0. The minimum absolute atomic E-state index is 0.359. The van der Waals surface area contributed by atoms with E-state index in [9.17, 15) is 0 Å². The molecule has 0 atom stereocenters. The van der Waals surface area contributed by atoms with E-state index in [4.69, 9.17) is 28.9 Å². The second kappa shape index (κ2) is 3.05. The number of hydrogen-bond donors (Lipinski definition) is 1. The van der Waals surface area contributed by atoms with Gasteiger partial charge in [0.05, 0.1) is 10.5 Å². The molecule has 1 aromatic carbocycles. The van der Waals surface area contributed by atoms with Gasteiger partial charge >= 0.3 is 0 Å². The molecule has 4 heteroatoms. The molecule has 0 aliphatic carbocycles. The maximum absolute atomic E-state index is 5.92. The number of nitrogens with two attached hydrogens (primary N) is 1. The first kappa shape index (κ1) is 8.60. The number of anilines is 1. The van der Waals surface area contributed by atoms with Crippen LogP contribution in [-0.4, -0.2) is 4.98 Å². The van der Waals surface area contributed by atoms with E-state index in [1.807, 2.05) is 12.1 Å². The molecular formula is C9H6Cl2N2. The number of aromatic nitrogens is 1. The number of fused-ring (bicyclic) bond motifs is 1. The molecule has 0 aliphatic heterocycles. The molecule has 2 N–H and O–H groups in total. The van der Waals surface area contributed by atoms with Gasteiger partial charge in [-0.2, -0.15) is 0 Å². The van der Waals surface area contributed by atoms with Crippen molar-refractivity contribution in [3.63, 3.8) is 0 Å². The lowest BCUT2D eigenvalue weighted by atomic mass is 10.2. The molecule has 0 spiro atoms. The summed E-state index contributed by atoms with van der Waals surface area (Å²) in [7, 11) is 0. The van der Waals surface area contributed by atoms with E-state index < -0.39 is 0 Å². The van der Waals surface area contributed by atoms with Crippen LogP contribution in [0.3, 0.4) is 0 Å². The Morgan fingerprint density at radius 3 is 2.77 bits per heavy atom. The molecular weight excluding hydrogens is 207 g/mol. The topological polar surface area (TPSA) is 38.9 Å². The van der Waals surface area contributed by atoms with Gasteiger partial charge in [0.2, 0.25) is 0 Å². The highest BCUT2D eigenvalue weighted by atomic mass is 35.5. The number of halogens is 2. The monoisotopic (exact) mass is 212 g/mol. The second-order valence-corrected chi connectivity index (χ2v) is 3.46. The van der Waals surface area contributed by atoms with Gasteiger partial charge < -0.3 is 5.73 Å². The summed E-state index contributed by atoms with van der Waals surface area (Å²) in [4.78, 5) is 4.09. The fraction of sp³-hybridized carbons (Fsp3) is 0. The number of hydrogen-bond acceptors (Lipinski definition) is 2. The summed E-state index contributed by atoms with van der Waals surface area (Å²) in [5.74, 6) is 0. The molecule has 0 aliphatic rings. The SMILES string of the molecule is Nc1cc(Cl)nc2c(Cl)cccc12. The zero-order valence-corrected chi connectivity index (χ0v) is 8.10. The van der Waals surface area contributed by atoms with Gasteiger partial charge in [-0.05, 0) is 12.1 Å². The number of pyridine rings is 1. The molecule has 13 heavy (non-hydrogen) atoms. The van der Waals surface area contributed by atoms with Gasteiger partial charge in [-0.3, -0.25) is 0 Å². The normalized spacial score (nSPS) is 10.6. The molecule has 0 radical (unpaired) electrons. The zero-order chi connectivity index (χ0) is 9.42. The number of para-hydroxylation sites is 1. The molecule has 0 fully saturated rings.